The number of fused-ring (bicyclic) bond motifs is 3. The predicted molar refractivity (Wildman–Crippen MR) is 129 cm³/mol. The highest BCUT2D eigenvalue weighted by Gasteiger charge is 2.34. The van der Waals surface area contributed by atoms with E-state index in [1.165, 1.54) is 16.7 Å². The van der Waals surface area contributed by atoms with Crippen LogP contribution in [0.4, 0.5) is 0 Å². The van der Waals surface area contributed by atoms with E-state index < -0.39 is 0 Å². The molecule has 0 radical (unpaired) electrons. The molecule has 9 heteroatoms. The van der Waals surface area contributed by atoms with E-state index in [1.807, 2.05) is 18.2 Å². The van der Waals surface area contributed by atoms with E-state index in [0.717, 1.165) is 53.8 Å². The van der Waals surface area contributed by atoms with Crippen molar-refractivity contribution in [2.45, 2.75) is 31.3 Å². The summed E-state index contributed by atoms with van der Waals surface area (Å²) in [5.74, 6) is 5.08. The molecule has 4 aliphatic heterocycles. The lowest BCUT2D eigenvalue weighted by molar-refractivity contribution is 0.148. The summed E-state index contributed by atoms with van der Waals surface area (Å²) in [6, 6.07) is 18.9. The minimum absolute atomic E-state index is 0.163. The lowest BCUT2D eigenvalue weighted by atomic mass is 9.80. The summed E-state index contributed by atoms with van der Waals surface area (Å²) in [5.41, 5.74) is 13.8. The van der Waals surface area contributed by atoms with Gasteiger partial charge in [0.25, 0.3) is 0 Å². The second-order valence-electron chi connectivity index (χ2n) is 9.47. The van der Waals surface area contributed by atoms with Gasteiger partial charge in [-0.2, -0.15) is 5.53 Å². The fraction of sp³-hybridized carbons (Fsp3) is 0.333. The van der Waals surface area contributed by atoms with Crippen LogP contribution in [0.2, 0.25) is 0 Å². The van der Waals surface area contributed by atoms with Crippen molar-refractivity contribution < 1.29 is 28.4 Å². The lowest BCUT2D eigenvalue weighted by Crippen LogP contribution is -2.66. The zero-order valence-corrected chi connectivity index (χ0v) is 19.6. The first-order valence-electron chi connectivity index (χ1n) is 12.2. The van der Waals surface area contributed by atoms with Crippen LogP contribution in [0.3, 0.4) is 0 Å². The van der Waals surface area contributed by atoms with Gasteiger partial charge < -0.3 is 28.4 Å². The van der Waals surface area contributed by atoms with Crippen LogP contribution in [0.1, 0.15) is 16.7 Å². The van der Waals surface area contributed by atoms with Crippen molar-refractivity contribution in [3.8, 4) is 34.5 Å². The summed E-state index contributed by atoms with van der Waals surface area (Å²) >= 11 is 0. The molecule has 2 unspecified atom stereocenters. The van der Waals surface area contributed by atoms with Gasteiger partial charge in [-0.05, 0) is 78.3 Å². The van der Waals surface area contributed by atoms with Crippen LogP contribution in [-0.2, 0) is 19.3 Å². The van der Waals surface area contributed by atoms with E-state index in [2.05, 4.69) is 52.8 Å². The van der Waals surface area contributed by atoms with Crippen molar-refractivity contribution in [1.29, 1.82) is 0 Å². The molecule has 4 heterocycles. The fourth-order valence-electron chi connectivity index (χ4n) is 5.39. The Labute approximate surface area is 208 Å². The van der Waals surface area contributed by atoms with Crippen LogP contribution in [0.25, 0.3) is 0 Å². The number of hydrogen-bond acceptors (Lipinski definition) is 9. The highest BCUT2D eigenvalue weighted by atomic mass is 16.7. The molecule has 0 bridgehead atoms. The Kier molecular flexibility index (Phi) is 5.46. The Hall–Kier alpha value is -3.66. The maximum atomic E-state index is 5.64. The second kappa shape index (κ2) is 9.09. The van der Waals surface area contributed by atoms with Gasteiger partial charge in [0.2, 0.25) is 20.4 Å². The number of hydrazine groups is 2. The van der Waals surface area contributed by atoms with Gasteiger partial charge in [-0.15, -0.1) is 0 Å². The molecule has 0 aromatic heterocycles. The van der Waals surface area contributed by atoms with Crippen molar-refractivity contribution in [2.75, 3.05) is 20.4 Å². The Bertz CT molecular complexity index is 1220. The van der Waals surface area contributed by atoms with Crippen LogP contribution in [0.15, 0.2) is 54.6 Å². The molecule has 3 aromatic carbocycles. The minimum atomic E-state index is 0.163. The quantitative estimate of drug-likeness (QED) is 0.484. The molecule has 2 atom stereocenters. The Morgan fingerprint density at radius 1 is 0.500 bits per heavy atom. The Morgan fingerprint density at radius 3 is 1.33 bits per heavy atom. The number of hydrogen-bond donors (Lipinski definition) is 3. The maximum absolute atomic E-state index is 5.64. The lowest BCUT2D eigenvalue weighted by Gasteiger charge is -2.40. The Balaban J connectivity index is 1.16. The number of ether oxygens (including phenoxy) is 6. The molecule has 1 fully saturated rings. The first-order chi connectivity index (χ1) is 17.8. The van der Waals surface area contributed by atoms with Gasteiger partial charge in [-0.1, -0.05) is 18.2 Å². The zero-order chi connectivity index (χ0) is 23.9. The molecule has 0 spiro atoms. The Morgan fingerprint density at radius 2 is 0.889 bits per heavy atom. The summed E-state index contributed by atoms with van der Waals surface area (Å²) in [5, 5.41) is 0. The first kappa shape index (κ1) is 21.6. The molecule has 186 valence electrons. The fourth-order valence-corrected chi connectivity index (χ4v) is 5.39. The normalized spacial score (nSPS) is 23.2. The van der Waals surface area contributed by atoms with Gasteiger partial charge in [-0.3, -0.25) is 0 Å². The molecule has 0 saturated carbocycles. The van der Waals surface area contributed by atoms with E-state index in [0.29, 0.717) is 0 Å². The third-order valence-electron chi connectivity index (χ3n) is 7.24. The van der Waals surface area contributed by atoms with E-state index in [-0.39, 0.29) is 38.4 Å². The SMILES string of the molecule is c1cc2c(cc1CC1NNNC(Cc3ccc4c(c3)OCO4)C1Cc1ccc3c(c1)OCO3)OCO2. The largest absolute Gasteiger partial charge is 0.454 e. The molecular weight excluding hydrogens is 462 g/mol. The molecule has 7 rings (SSSR count). The molecule has 0 amide bonds. The molecule has 1 saturated heterocycles. The number of rotatable bonds is 6. The van der Waals surface area contributed by atoms with Crippen LogP contribution in [0, 0.1) is 5.92 Å². The molecule has 0 aliphatic carbocycles. The second-order valence-corrected chi connectivity index (χ2v) is 9.47. The van der Waals surface area contributed by atoms with Crippen molar-refractivity contribution in [2.24, 2.45) is 5.92 Å². The van der Waals surface area contributed by atoms with E-state index in [9.17, 15) is 0 Å². The summed E-state index contributed by atoms with van der Waals surface area (Å²) in [6.45, 7) is 0.821. The number of benzene rings is 3. The van der Waals surface area contributed by atoms with Crippen molar-refractivity contribution in [3.63, 3.8) is 0 Å². The highest BCUT2D eigenvalue weighted by Crippen LogP contribution is 2.37. The first-order valence-corrected chi connectivity index (χ1v) is 12.2. The third kappa shape index (κ3) is 4.15. The topological polar surface area (TPSA) is 91.5 Å². The van der Waals surface area contributed by atoms with Crippen LogP contribution in [-0.4, -0.2) is 32.5 Å². The molecular formula is C27H27N3O6. The number of nitrogens with one attached hydrogen (secondary N) is 3. The van der Waals surface area contributed by atoms with Crippen molar-refractivity contribution in [3.05, 3.63) is 71.3 Å². The van der Waals surface area contributed by atoms with Gasteiger partial charge in [0, 0.05) is 12.1 Å². The molecule has 4 aliphatic rings. The van der Waals surface area contributed by atoms with Crippen LogP contribution >= 0.6 is 0 Å². The molecule has 3 N–H and O–H groups in total. The highest BCUT2D eigenvalue weighted by molar-refractivity contribution is 5.47. The van der Waals surface area contributed by atoms with Crippen LogP contribution < -0.4 is 44.8 Å². The summed E-state index contributed by atoms with van der Waals surface area (Å²) in [6.07, 6.45) is 2.53. The standard InChI is InChI=1S/C27H27N3O6/c1-4-22-25(34-13-31-22)10-16(1)7-19-20(8-17-2-5-23-26(11-17)35-14-32-23)28-30-29-21(19)9-18-3-6-24-27(12-18)36-15-33-24/h1-6,10-12,19-21,28-30H,7-9,13-15H2. The van der Waals surface area contributed by atoms with Gasteiger partial charge in [0.1, 0.15) is 0 Å². The third-order valence-corrected chi connectivity index (χ3v) is 7.24. The molecule has 3 aromatic rings. The van der Waals surface area contributed by atoms with Gasteiger partial charge >= 0.3 is 0 Å². The summed E-state index contributed by atoms with van der Waals surface area (Å²) in [7, 11) is 0. The average Bonchev–Trinajstić information content (AvgIpc) is 3.66. The van der Waals surface area contributed by atoms with Gasteiger partial charge in [0.05, 0.1) is 0 Å². The van der Waals surface area contributed by atoms with Crippen molar-refractivity contribution in [1.82, 2.24) is 16.4 Å². The maximum Gasteiger partial charge on any atom is 0.231 e. The van der Waals surface area contributed by atoms with E-state index in [4.69, 9.17) is 28.4 Å². The summed E-state index contributed by atoms with van der Waals surface area (Å²) < 4.78 is 33.4. The van der Waals surface area contributed by atoms with Crippen LogP contribution in [0.5, 0.6) is 34.5 Å². The minimum Gasteiger partial charge on any atom is -0.454 e. The summed E-state index contributed by atoms with van der Waals surface area (Å²) in [4.78, 5) is 0. The predicted octanol–water partition coefficient (Wildman–Crippen LogP) is 2.87. The van der Waals surface area contributed by atoms with Gasteiger partial charge in [-0.25, -0.2) is 10.9 Å². The van der Waals surface area contributed by atoms with E-state index in [1.54, 1.807) is 0 Å². The van der Waals surface area contributed by atoms with Gasteiger partial charge in [0.15, 0.2) is 34.5 Å². The molecule has 36 heavy (non-hydrogen) atoms. The van der Waals surface area contributed by atoms with Crippen molar-refractivity contribution >= 4 is 0 Å². The monoisotopic (exact) mass is 489 g/mol. The van der Waals surface area contributed by atoms with E-state index >= 15 is 0 Å². The molecule has 9 nitrogen and oxygen atoms in total. The average molecular weight is 490 g/mol. The smallest absolute Gasteiger partial charge is 0.231 e. The zero-order valence-electron chi connectivity index (χ0n) is 19.6.